The Balaban J connectivity index is 1.38. The third kappa shape index (κ3) is 4.62. The number of carbonyl (C=O) groups is 1. The summed E-state index contributed by atoms with van der Waals surface area (Å²) in [5.41, 5.74) is 2.89. The molecule has 1 amide bonds. The summed E-state index contributed by atoms with van der Waals surface area (Å²) in [6.07, 6.45) is 2.79. The van der Waals surface area contributed by atoms with Gasteiger partial charge < -0.3 is 4.90 Å². The molecule has 1 aliphatic rings. The van der Waals surface area contributed by atoms with E-state index in [0.717, 1.165) is 30.5 Å². The zero-order chi connectivity index (χ0) is 20.1. The van der Waals surface area contributed by atoms with Crippen molar-refractivity contribution in [3.63, 3.8) is 0 Å². The Morgan fingerprint density at radius 1 is 0.897 bits per heavy atom. The maximum Gasteiger partial charge on any atom is 0.267 e. The van der Waals surface area contributed by atoms with Gasteiger partial charge in [-0.15, -0.1) is 0 Å². The van der Waals surface area contributed by atoms with E-state index >= 15 is 0 Å². The molecule has 148 valence electrons. The van der Waals surface area contributed by atoms with E-state index in [4.69, 9.17) is 0 Å². The fraction of sp³-hybridized carbons (Fsp3) is 0.292. The van der Waals surface area contributed by atoms with Crippen LogP contribution in [0.3, 0.4) is 0 Å². The molecule has 1 fully saturated rings. The standard InChI is InChI=1S/C24H25N3O2/c28-23(13-11-19-7-3-1-4-8-19)26-17-15-21(16-18-26)27-24(29)14-12-22(25-27)20-9-5-2-6-10-20/h1-10,12,14,21H,11,13,15-18H2. The number of hydrogen-bond donors (Lipinski definition) is 0. The highest BCUT2D eigenvalue weighted by molar-refractivity contribution is 5.76. The minimum Gasteiger partial charge on any atom is -0.343 e. The number of amides is 1. The van der Waals surface area contributed by atoms with Crippen LogP contribution in [0.4, 0.5) is 0 Å². The largest absolute Gasteiger partial charge is 0.343 e. The number of aromatic nitrogens is 2. The predicted molar refractivity (Wildman–Crippen MR) is 114 cm³/mol. The van der Waals surface area contributed by atoms with E-state index < -0.39 is 0 Å². The van der Waals surface area contributed by atoms with Gasteiger partial charge in [0.05, 0.1) is 11.7 Å². The molecule has 2 heterocycles. The summed E-state index contributed by atoms with van der Waals surface area (Å²) in [5, 5.41) is 4.61. The summed E-state index contributed by atoms with van der Waals surface area (Å²) in [7, 11) is 0. The van der Waals surface area contributed by atoms with Gasteiger partial charge in [-0.2, -0.15) is 5.10 Å². The molecule has 1 aromatic heterocycles. The quantitative estimate of drug-likeness (QED) is 0.671. The summed E-state index contributed by atoms with van der Waals surface area (Å²) in [6.45, 7) is 1.34. The Kier molecular flexibility index (Phi) is 5.84. The lowest BCUT2D eigenvalue weighted by Crippen LogP contribution is -2.41. The van der Waals surface area contributed by atoms with Crippen LogP contribution in [0.1, 0.15) is 30.9 Å². The van der Waals surface area contributed by atoms with Gasteiger partial charge >= 0.3 is 0 Å². The Morgan fingerprint density at radius 3 is 2.24 bits per heavy atom. The van der Waals surface area contributed by atoms with Crippen LogP contribution in [0.25, 0.3) is 11.3 Å². The number of piperidine rings is 1. The molecular weight excluding hydrogens is 362 g/mol. The first kappa shape index (κ1) is 19.1. The highest BCUT2D eigenvalue weighted by Crippen LogP contribution is 2.23. The summed E-state index contributed by atoms with van der Waals surface area (Å²) < 4.78 is 1.61. The zero-order valence-electron chi connectivity index (χ0n) is 16.4. The van der Waals surface area contributed by atoms with E-state index in [0.29, 0.717) is 19.5 Å². The van der Waals surface area contributed by atoms with Gasteiger partial charge in [-0.05, 0) is 30.9 Å². The lowest BCUT2D eigenvalue weighted by atomic mass is 10.0. The lowest BCUT2D eigenvalue weighted by molar-refractivity contribution is -0.132. The van der Waals surface area contributed by atoms with Gasteiger partial charge in [0.25, 0.3) is 5.56 Å². The molecule has 5 heteroatoms. The third-order valence-electron chi connectivity index (χ3n) is 5.53. The van der Waals surface area contributed by atoms with E-state index in [1.54, 1.807) is 16.8 Å². The van der Waals surface area contributed by atoms with Crippen LogP contribution in [0.2, 0.25) is 0 Å². The van der Waals surface area contributed by atoms with Crippen LogP contribution >= 0.6 is 0 Å². The van der Waals surface area contributed by atoms with Crippen molar-refractivity contribution in [3.05, 3.63) is 88.7 Å². The van der Waals surface area contributed by atoms with Crippen molar-refractivity contribution in [2.45, 2.75) is 31.7 Å². The smallest absolute Gasteiger partial charge is 0.267 e. The molecule has 5 nitrogen and oxygen atoms in total. The number of benzene rings is 2. The number of aryl methyl sites for hydroxylation is 1. The van der Waals surface area contributed by atoms with E-state index in [1.807, 2.05) is 53.4 Å². The molecule has 29 heavy (non-hydrogen) atoms. The van der Waals surface area contributed by atoms with Crippen molar-refractivity contribution in [1.82, 2.24) is 14.7 Å². The van der Waals surface area contributed by atoms with Gasteiger partial charge in [-0.3, -0.25) is 9.59 Å². The van der Waals surface area contributed by atoms with Crippen LogP contribution in [-0.4, -0.2) is 33.7 Å². The fourth-order valence-corrected chi connectivity index (χ4v) is 3.86. The number of hydrogen-bond acceptors (Lipinski definition) is 3. The molecule has 3 aromatic rings. The maximum absolute atomic E-state index is 12.6. The van der Waals surface area contributed by atoms with Crippen LogP contribution in [0.15, 0.2) is 77.6 Å². The molecule has 0 N–H and O–H groups in total. The Morgan fingerprint density at radius 2 is 1.55 bits per heavy atom. The topological polar surface area (TPSA) is 55.2 Å². The molecule has 0 aliphatic carbocycles. The van der Waals surface area contributed by atoms with Crippen LogP contribution in [0.5, 0.6) is 0 Å². The number of carbonyl (C=O) groups excluding carboxylic acids is 1. The molecular formula is C24H25N3O2. The summed E-state index contributed by atoms with van der Waals surface area (Å²) >= 11 is 0. The van der Waals surface area contributed by atoms with Crippen LogP contribution in [0, 0.1) is 0 Å². The minimum absolute atomic E-state index is 0.0318. The second-order valence-electron chi connectivity index (χ2n) is 7.46. The Labute approximate surface area is 170 Å². The summed E-state index contributed by atoms with van der Waals surface area (Å²) in [4.78, 5) is 26.9. The van der Waals surface area contributed by atoms with Gasteiger partial charge in [-0.25, -0.2) is 4.68 Å². The van der Waals surface area contributed by atoms with Crippen molar-refractivity contribution in [3.8, 4) is 11.3 Å². The second-order valence-corrected chi connectivity index (χ2v) is 7.46. The average molecular weight is 387 g/mol. The highest BCUT2D eigenvalue weighted by Gasteiger charge is 2.25. The predicted octanol–water partition coefficient (Wildman–Crippen LogP) is 3.71. The number of nitrogens with zero attached hydrogens (tertiary/aromatic N) is 3. The molecule has 4 rings (SSSR count). The molecule has 0 bridgehead atoms. The van der Waals surface area contributed by atoms with Crippen molar-refractivity contribution in [2.75, 3.05) is 13.1 Å². The van der Waals surface area contributed by atoms with Gasteiger partial charge in [0.1, 0.15) is 0 Å². The van der Waals surface area contributed by atoms with Crippen molar-refractivity contribution >= 4 is 5.91 Å². The van der Waals surface area contributed by atoms with Gasteiger partial charge in [-0.1, -0.05) is 60.7 Å². The van der Waals surface area contributed by atoms with E-state index in [1.165, 1.54) is 5.56 Å². The van der Waals surface area contributed by atoms with E-state index in [-0.39, 0.29) is 17.5 Å². The van der Waals surface area contributed by atoms with Crippen LogP contribution < -0.4 is 5.56 Å². The molecule has 1 aliphatic heterocycles. The molecule has 0 atom stereocenters. The summed E-state index contributed by atoms with van der Waals surface area (Å²) in [5.74, 6) is 0.186. The molecule has 0 unspecified atom stereocenters. The van der Waals surface area contributed by atoms with Crippen molar-refractivity contribution in [2.24, 2.45) is 0 Å². The molecule has 2 aromatic carbocycles. The van der Waals surface area contributed by atoms with E-state index in [9.17, 15) is 9.59 Å². The first-order valence-corrected chi connectivity index (χ1v) is 10.2. The van der Waals surface area contributed by atoms with Gasteiger partial charge in [0.15, 0.2) is 0 Å². The monoisotopic (exact) mass is 387 g/mol. The molecule has 0 saturated carbocycles. The summed E-state index contributed by atoms with van der Waals surface area (Å²) in [6, 6.07) is 23.4. The normalized spacial score (nSPS) is 14.7. The zero-order valence-corrected chi connectivity index (χ0v) is 16.4. The Bertz CT molecular complexity index is 1010. The van der Waals surface area contributed by atoms with Gasteiger partial charge in [0, 0.05) is 31.1 Å². The second kappa shape index (κ2) is 8.86. The SMILES string of the molecule is O=C(CCc1ccccc1)N1CCC(n2nc(-c3ccccc3)ccc2=O)CC1. The fourth-order valence-electron chi connectivity index (χ4n) is 3.86. The maximum atomic E-state index is 12.6. The minimum atomic E-state index is -0.0847. The first-order valence-electron chi connectivity index (χ1n) is 10.2. The molecule has 0 radical (unpaired) electrons. The first-order chi connectivity index (χ1) is 14.2. The van der Waals surface area contributed by atoms with E-state index in [2.05, 4.69) is 17.2 Å². The average Bonchev–Trinajstić information content (AvgIpc) is 2.79. The lowest BCUT2D eigenvalue weighted by Gasteiger charge is -2.32. The van der Waals surface area contributed by atoms with Crippen molar-refractivity contribution < 1.29 is 4.79 Å². The van der Waals surface area contributed by atoms with Gasteiger partial charge in [0.2, 0.25) is 5.91 Å². The third-order valence-corrected chi connectivity index (χ3v) is 5.53. The van der Waals surface area contributed by atoms with Crippen LogP contribution in [-0.2, 0) is 11.2 Å². The molecule has 0 spiro atoms. The Hall–Kier alpha value is -3.21. The number of rotatable bonds is 5. The number of likely N-dealkylation sites (tertiary alicyclic amines) is 1. The highest BCUT2D eigenvalue weighted by atomic mass is 16.2. The molecule has 1 saturated heterocycles. The van der Waals surface area contributed by atoms with Crippen molar-refractivity contribution in [1.29, 1.82) is 0 Å².